The lowest BCUT2D eigenvalue weighted by Gasteiger charge is -2.35. The largest absolute Gasteiger partial charge is 0.353 e. The highest BCUT2D eigenvalue weighted by molar-refractivity contribution is 5.60. The Morgan fingerprint density at radius 2 is 1.52 bits per heavy atom. The van der Waals surface area contributed by atoms with E-state index in [0.717, 1.165) is 55.3 Å². The Morgan fingerprint density at radius 1 is 0.852 bits per heavy atom. The second-order valence-electron chi connectivity index (χ2n) is 6.67. The molecule has 3 heterocycles. The second kappa shape index (κ2) is 7.57. The molecule has 1 fully saturated rings. The highest BCUT2D eigenvalue weighted by Crippen LogP contribution is 2.22. The van der Waals surface area contributed by atoms with Gasteiger partial charge in [-0.3, -0.25) is 0 Å². The molecule has 2 aromatic heterocycles. The summed E-state index contributed by atoms with van der Waals surface area (Å²) in [7, 11) is 0. The topological polar surface area (TPSA) is 70.1 Å². The van der Waals surface area contributed by atoms with Crippen LogP contribution in [0.1, 0.15) is 11.4 Å². The monoisotopic (exact) mass is 361 g/mol. The van der Waals surface area contributed by atoms with Crippen LogP contribution >= 0.6 is 0 Å². The van der Waals surface area contributed by atoms with Crippen molar-refractivity contribution >= 4 is 23.3 Å². The van der Waals surface area contributed by atoms with Crippen LogP contribution < -0.4 is 15.1 Å². The van der Waals surface area contributed by atoms with Crippen LogP contribution in [0.2, 0.25) is 0 Å². The van der Waals surface area contributed by atoms with E-state index in [1.807, 2.05) is 19.1 Å². The highest BCUT2D eigenvalue weighted by atomic mass is 15.3. The van der Waals surface area contributed by atoms with Crippen LogP contribution in [0.15, 0.2) is 48.8 Å². The standard InChI is InChI=1S/C20H23N7/c1-15-4-6-17(7-5-15)25-18-14-19(24-16(2)23-18)26-10-12-27(13-11-26)20-21-8-3-9-22-20/h3-9,14H,10-13H2,1-2H3,(H,23,24,25). The van der Waals surface area contributed by atoms with Crippen molar-refractivity contribution in [2.75, 3.05) is 41.3 Å². The van der Waals surface area contributed by atoms with Gasteiger partial charge < -0.3 is 15.1 Å². The van der Waals surface area contributed by atoms with Gasteiger partial charge in [0, 0.05) is 50.3 Å². The SMILES string of the molecule is Cc1ccc(Nc2cc(N3CCN(c4ncccn4)CC3)nc(C)n2)cc1. The lowest BCUT2D eigenvalue weighted by Crippen LogP contribution is -2.47. The second-order valence-corrected chi connectivity index (χ2v) is 6.67. The van der Waals surface area contributed by atoms with Crippen molar-refractivity contribution in [2.24, 2.45) is 0 Å². The molecule has 4 rings (SSSR count). The first-order chi connectivity index (χ1) is 13.2. The third-order valence-electron chi connectivity index (χ3n) is 4.59. The van der Waals surface area contributed by atoms with Gasteiger partial charge in [-0.25, -0.2) is 19.9 Å². The fourth-order valence-corrected chi connectivity index (χ4v) is 3.15. The Balaban J connectivity index is 1.46. The van der Waals surface area contributed by atoms with Gasteiger partial charge >= 0.3 is 0 Å². The number of nitrogens with zero attached hydrogens (tertiary/aromatic N) is 6. The summed E-state index contributed by atoms with van der Waals surface area (Å²) < 4.78 is 0. The molecule has 138 valence electrons. The average Bonchev–Trinajstić information content (AvgIpc) is 2.70. The number of nitrogens with one attached hydrogen (secondary N) is 1. The minimum atomic E-state index is 0.760. The van der Waals surface area contributed by atoms with Gasteiger partial charge in [-0.2, -0.15) is 0 Å². The van der Waals surface area contributed by atoms with Crippen LogP contribution in [0, 0.1) is 13.8 Å². The van der Waals surface area contributed by atoms with Crippen LogP contribution in [0.3, 0.4) is 0 Å². The molecule has 0 atom stereocenters. The predicted octanol–water partition coefficient (Wildman–Crippen LogP) is 2.95. The highest BCUT2D eigenvalue weighted by Gasteiger charge is 2.20. The molecule has 27 heavy (non-hydrogen) atoms. The van der Waals surface area contributed by atoms with Crippen LogP contribution in [-0.4, -0.2) is 46.1 Å². The Bertz CT molecular complexity index is 888. The smallest absolute Gasteiger partial charge is 0.225 e. The summed E-state index contributed by atoms with van der Waals surface area (Å²) in [5.74, 6) is 3.31. The minimum absolute atomic E-state index is 0.760. The molecular formula is C20H23N7. The van der Waals surface area contributed by atoms with Gasteiger partial charge in [0.1, 0.15) is 17.5 Å². The molecule has 1 aromatic carbocycles. The summed E-state index contributed by atoms with van der Waals surface area (Å²) in [5.41, 5.74) is 2.26. The van der Waals surface area contributed by atoms with Gasteiger partial charge in [0.15, 0.2) is 0 Å². The van der Waals surface area contributed by atoms with Gasteiger partial charge in [0.25, 0.3) is 0 Å². The summed E-state index contributed by atoms with van der Waals surface area (Å²) in [5, 5.41) is 3.38. The fraction of sp³-hybridized carbons (Fsp3) is 0.300. The van der Waals surface area contributed by atoms with E-state index in [2.05, 4.69) is 66.2 Å². The van der Waals surface area contributed by atoms with Crippen LogP contribution in [-0.2, 0) is 0 Å². The molecular weight excluding hydrogens is 338 g/mol. The number of rotatable bonds is 4. The van der Waals surface area contributed by atoms with E-state index in [9.17, 15) is 0 Å². The zero-order valence-electron chi connectivity index (χ0n) is 15.6. The lowest BCUT2D eigenvalue weighted by molar-refractivity contribution is 0.633. The molecule has 0 aliphatic carbocycles. The number of benzene rings is 1. The zero-order valence-corrected chi connectivity index (χ0v) is 15.6. The first-order valence-electron chi connectivity index (χ1n) is 9.14. The van der Waals surface area contributed by atoms with Crippen molar-refractivity contribution in [3.05, 3.63) is 60.2 Å². The number of anilines is 4. The molecule has 7 nitrogen and oxygen atoms in total. The Labute approximate surface area is 159 Å². The van der Waals surface area contributed by atoms with E-state index in [0.29, 0.717) is 0 Å². The molecule has 3 aromatic rings. The van der Waals surface area contributed by atoms with E-state index in [1.54, 1.807) is 12.4 Å². The molecule has 0 saturated carbocycles. The molecule has 0 spiro atoms. The number of hydrogen-bond donors (Lipinski definition) is 1. The molecule has 0 radical (unpaired) electrons. The maximum atomic E-state index is 4.64. The van der Waals surface area contributed by atoms with Gasteiger partial charge in [-0.15, -0.1) is 0 Å². The van der Waals surface area contributed by atoms with E-state index < -0.39 is 0 Å². The Morgan fingerprint density at radius 3 is 2.22 bits per heavy atom. The molecule has 7 heteroatoms. The summed E-state index contributed by atoms with van der Waals surface area (Å²) in [6, 6.07) is 12.1. The summed E-state index contributed by atoms with van der Waals surface area (Å²) in [4.78, 5) is 22.3. The summed E-state index contributed by atoms with van der Waals surface area (Å²) >= 11 is 0. The van der Waals surface area contributed by atoms with Crippen molar-refractivity contribution in [3.8, 4) is 0 Å². The van der Waals surface area contributed by atoms with Crippen molar-refractivity contribution in [1.29, 1.82) is 0 Å². The molecule has 1 N–H and O–H groups in total. The number of aromatic nitrogens is 4. The lowest BCUT2D eigenvalue weighted by atomic mass is 10.2. The van der Waals surface area contributed by atoms with Crippen LogP contribution in [0.4, 0.5) is 23.3 Å². The van der Waals surface area contributed by atoms with Gasteiger partial charge in [-0.1, -0.05) is 17.7 Å². The molecule has 0 amide bonds. The molecule has 1 aliphatic rings. The van der Waals surface area contributed by atoms with Crippen molar-refractivity contribution < 1.29 is 0 Å². The normalized spacial score (nSPS) is 14.3. The molecule has 1 saturated heterocycles. The third-order valence-corrected chi connectivity index (χ3v) is 4.59. The predicted molar refractivity (Wildman–Crippen MR) is 108 cm³/mol. The molecule has 0 bridgehead atoms. The van der Waals surface area contributed by atoms with Gasteiger partial charge in [-0.05, 0) is 32.0 Å². The minimum Gasteiger partial charge on any atom is -0.353 e. The quantitative estimate of drug-likeness (QED) is 0.766. The van der Waals surface area contributed by atoms with Crippen molar-refractivity contribution in [3.63, 3.8) is 0 Å². The average molecular weight is 361 g/mol. The molecule has 0 unspecified atom stereocenters. The maximum Gasteiger partial charge on any atom is 0.225 e. The summed E-state index contributed by atoms with van der Waals surface area (Å²) in [6.45, 7) is 7.49. The number of hydrogen-bond acceptors (Lipinski definition) is 7. The maximum absolute atomic E-state index is 4.64. The first kappa shape index (κ1) is 17.2. The fourth-order valence-electron chi connectivity index (χ4n) is 3.15. The summed E-state index contributed by atoms with van der Waals surface area (Å²) in [6.07, 6.45) is 3.57. The van der Waals surface area contributed by atoms with Crippen molar-refractivity contribution in [2.45, 2.75) is 13.8 Å². The zero-order chi connectivity index (χ0) is 18.6. The van der Waals surface area contributed by atoms with E-state index in [-0.39, 0.29) is 0 Å². The van der Waals surface area contributed by atoms with E-state index in [1.165, 1.54) is 5.56 Å². The Hall–Kier alpha value is -3.22. The van der Waals surface area contributed by atoms with E-state index in [4.69, 9.17) is 0 Å². The number of piperazine rings is 1. The third kappa shape index (κ3) is 4.13. The van der Waals surface area contributed by atoms with Crippen LogP contribution in [0.5, 0.6) is 0 Å². The van der Waals surface area contributed by atoms with E-state index >= 15 is 0 Å². The van der Waals surface area contributed by atoms with Gasteiger partial charge in [0.2, 0.25) is 5.95 Å². The Kier molecular flexibility index (Phi) is 4.82. The first-order valence-corrected chi connectivity index (χ1v) is 9.14. The molecule has 1 aliphatic heterocycles. The van der Waals surface area contributed by atoms with Gasteiger partial charge in [0.05, 0.1) is 0 Å². The van der Waals surface area contributed by atoms with Crippen molar-refractivity contribution in [1.82, 2.24) is 19.9 Å². The van der Waals surface area contributed by atoms with Crippen LogP contribution in [0.25, 0.3) is 0 Å². The number of aryl methyl sites for hydroxylation is 2.